The highest BCUT2D eigenvalue weighted by Crippen LogP contribution is 2.19. The lowest BCUT2D eigenvalue weighted by atomic mass is 10.0. The zero-order chi connectivity index (χ0) is 21.8. The van der Waals surface area contributed by atoms with E-state index in [1.807, 2.05) is 43.0 Å². The van der Waals surface area contributed by atoms with Gasteiger partial charge < -0.3 is 20.3 Å². The molecular weight excluding hydrogens is 394 g/mol. The van der Waals surface area contributed by atoms with E-state index < -0.39 is 0 Å². The Bertz CT molecular complexity index is 1140. The number of hydrogen-bond acceptors (Lipinski definition) is 3. The Labute approximate surface area is 182 Å². The lowest BCUT2D eigenvalue weighted by Gasteiger charge is -2.26. The molecule has 0 saturated carbocycles. The summed E-state index contributed by atoms with van der Waals surface area (Å²) in [5.41, 5.74) is 6.94. The van der Waals surface area contributed by atoms with Crippen LogP contribution in [0.1, 0.15) is 34.2 Å². The molecule has 3 rings (SSSR count). The molecule has 1 heterocycles. The number of thiocarbonyl (C=S) groups is 1. The molecule has 1 aromatic heterocycles. The summed E-state index contributed by atoms with van der Waals surface area (Å²) >= 11 is 5.66. The van der Waals surface area contributed by atoms with Gasteiger partial charge in [-0.05, 0) is 92.7 Å². The minimum Gasteiger partial charge on any atom is -0.396 e. The van der Waals surface area contributed by atoms with Crippen LogP contribution in [0.25, 0.3) is 10.9 Å². The first-order chi connectivity index (χ1) is 14.3. The van der Waals surface area contributed by atoms with Crippen LogP contribution < -0.4 is 10.9 Å². The Morgan fingerprint density at radius 1 is 1.07 bits per heavy atom. The molecule has 0 unspecified atom stereocenters. The molecule has 0 atom stereocenters. The normalized spacial score (nSPS) is 11.0. The van der Waals surface area contributed by atoms with Crippen LogP contribution in [-0.2, 0) is 6.54 Å². The Hall–Kier alpha value is -2.70. The molecule has 2 aromatic carbocycles. The first-order valence-electron chi connectivity index (χ1n) is 10.2. The quantitative estimate of drug-likeness (QED) is 0.515. The van der Waals surface area contributed by atoms with E-state index in [4.69, 9.17) is 12.2 Å². The molecule has 158 valence electrons. The van der Waals surface area contributed by atoms with E-state index in [1.54, 1.807) is 0 Å². The van der Waals surface area contributed by atoms with Crippen molar-refractivity contribution in [2.45, 2.75) is 40.7 Å². The van der Waals surface area contributed by atoms with Crippen LogP contribution in [0.5, 0.6) is 0 Å². The van der Waals surface area contributed by atoms with Gasteiger partial charge in [0.05, 0.1) is 6.54 Å². The summed E-state index contributed by atoms with van der Waals surface area (Å²) in [5, 5.41) is 14.2. The third kappa shape index (κ3) is 5.07. The number of aliphatic hydroxyl groups is 1. The maximum Gasteiger partial charge on any atom is 0.253 e. The first kappa shape index (κ1) is 22.0. The molecule has 0 aliphatic rings. The second kappa shape index (κ2) is 9.41. The number of pyridine rings is 1. The van der Waals surface area contributed by atoms with Crippen LogP contribution in [0.4, 0.5) is 5.69 Å². The fraction of sp³-hybridized carbons (Fsp3) is 0.333. The van der Waals surface area contributed by atoms with E-state index in [2.05, 4.69) is 36.3 Å². The van der Waals surface area contributed by atoms with E-state index in [9.17, 15) is 9.90 Å². The number of nitrogens with zero attached hydrogens (tertiary/aromatic N) is 1. The van der Waals surface area contributed by atoms with E-state index in [-0.39, 0.29) is 12.2 Å². The van der Waals surface area contributed by atoms with Crippen LogP contribution >= 0.6 is 12.2 Å². The lowest BCUT2D eigenvalue weighted by Crippen LogP contribution is -2.37. The summed E-state index contributed by atoms with van der Waals surface area (Å²) in [6, 6.07) is 12.2. The van der Waals surface area contributed by atoms with Gasteiger partial charge in [-0.2, -0.15) is 0 Å². The molecule has 0 bridgehead atoms. The van der Waals surface area contributed by atoms with E-state index in [0.29, 0.717) is 30.2 Å². The number of aromatic nitrogens is 1. The minimum absolute atomic E-state index is 0.0647. The fourth-order valence-corrected chi connectivity index (χ4v) is 3.77. The number of aliphatic hydroxyl groups excluding tert-OH is 1. The van der Waals surface area contributed by atoms with Crippen LogP contribution in [0.15, 0.2) is 41.2 Å². The van der Waals surface area contributed by atoms with Gasteiger partial charge in [0, 0.05) is 29.9 Å². The highest BCUT2D eigenvalue weighted by molar-refractivity contribution is 7.80. The predicted molar refractivity (Wildman–Crippen MR) is 128 cm³/mol. The van der Waals surface area contributed by atoms with Crippen LogP contribution in [-0.4, -0.2) is 33.3 Å². The highest BCUT2D eigenvalue weighted by Gasteiger charge is 2.14. The van der Waals surface area contributed by atoms with Crippen molar-refractivity contribution >= 4 is 33.9 Å². The van der Waals surface area contributed by atoms with Crippen LogP contribution in [0.3, 0.4) is 0 Å². The number of hydrogen-bond donors (Lipinski definition) is 3. The molecule has 30 heavy (non-hydrogen) atoms. The van der Waals surface area contributed by atoms with Gasteiger partial charge in [-0.15, -0.1) is 0 Å². The molecule has 0 spiro atoms. The number of benzene rings is 2. The van der Waals surface area contributed by atoms with Crippen molar-refractivity contribution < 1.29 is 5.11 Å². The zero-order valence-corrected chi connectivity index (χ0v) is 18.8. The number of aromatic amines is 1. The SMILES string of the molecule is Cc1ccc(NC(=S)N(CCCO)Cc2cc3cc(C)c(C)cc3[nH]c2=O)c(C)c1. The van der Waals surface area contributed by atoms with Crippen molar-refractivity contribution in [3.8, 4) is 0 Å². The van der Waals surface area contributed by atoms with Gasteiger partial charge in [0.15, 0.2) is 5.11 Å². The van der Waals surface area contributed by atoms with Gasteiger partial charge in [-0.25, -0.2) is 0 Å². The third-order valence-corrected chi connectivity index (χ3v) is 5.75. The predicted octanol–water partition coefficient (Wildman–Crippen LogP) is 4.34. The topological polar surface area (TPSA) is 68.4 Å². The van der Waals surface area contributed by atoms with E-state index >= 15 is 0 Å². The number of fused-ring (bicyclic) bond motifs is 1. The zero-order valence-electron chi connectivity index (χ0n) is 18.0. The number of anilines is 1. The van der Waals surface area contributed by atoms with Crippen molar-refractivity contribution in [3.05, 3.63) is 74.6 Å². The molecule has 0 fully saturated rings. The third-order valence-electron chi connectivity index (χ3n) is 5.39. The minimum atomic E-state index is -0.117. The molecule has 0 amide bonds. The van der Waals surface area contributed by atoms with E-state index in [1.165, 1.54) is 11.1 Å². The number of nitrogens with one attached hydrogen (secondary N) is 2. The molecule has 0 aliphatic heterocycles. The summed E-state index contributed by atoms with van der Waals surface area (Å²) in [7, 11) is 0. The van der Waals surface area contributed by atoms with Gasteiger partial charge in [-0.3, -0.25) is 4.79 Å². The summed E-state index contributed by atoms with van der Waals surface area (Å²) < 4.78 is 0. The molecule has 3 aromatic rings. The molecule has 0 aliphatic carbocycles. The number of rotatable bonds is 6. The van der Waals surface area contributed by atoms with Crippen molar-refractivity contribution in [3.63, 3.8) is 0 Å². The summed E-state index contributed by atoms with van der Waals surface area (Å²) in [4.78, 5) is 17.6. The Balaban J connectivity index is 1.88. The van der Waals surface area contributed by atoms with Gasteiger partial charge in [-0.1, -0.05) is 17.7 Å². The van der Waals surface area contributed by atoms with Gasteiger partial charge in [0.1, 0.15) is 0 Å². The second-order valence-corrected chi connectivity index (χ2v) is 8.28. The summed E-state index contributed by atoms with van der Waals surface area (Å²) in [6.07, 6.45) is 0.568. The highest BCUT2D eigenvalue weighted by atomic mass is 32.1. The standard InChI is InChI=1S/C24H29N3O2S/c1-15-6-7-21(18(4)10-15)26-24(30)27(8-5-9-28)14-20-13-19-11-16(2)17(3)12-22(19)25-23(20)29/h6-7,10-13,28H,5,8-9,14H2,1-4H3,(H,25,29)(H,26,30). The molecule has 6 heteroatoms. The van der Waals surface area contributed by atoms with E-state index in [0.717, 1.165) is 27.7 Å². The Morgan fingerprint density at radius 2 is 1.80 bits per heavy atom. The average molecular weight is 424 g/mol. The van der Waals surface area contributed by atoms with Crippen molar-refractivity contribution in [1.29, 1.82) is 0 Å². The molecule has 0 radical (unpaired) electrons. The maximum absolute atomic E-state index is 12.7. The second-order valence-electron chi connectivity index (χ2n) is 7.89. The van der Waals surface area contributed by atoms with Crippen molar-refractivity contribution in [2.24, 2.45) is 0 Å². The largest absolute Gasteiger partial charge is 0.396 e. The number of H-pyrrole nitrogens is 1. The Kier molecular flexibility index (Phi) is 6.90. The fourth-order valence-electron chi connectivity index (χ4n) is 3.51. The maximum atomic E-state index is 12.7. The first-order valence-corrected chi connectivity index (χ1v) is 10.6. The van der Waals surface area contributed by atoms with Crippen molar-refractivity contribution in [2.75, 3.05) is 18.5 Å². The molecule has 3 N–H and O–H groups in total. The average Bonchev–Trinajstić information content (AvgIpc) is 2.69. The van der Waals surface area contributed by atoms with Gasteiger partial charge in [0.2, 0.25) is 0 Å². The summed E-state index contributed by atoms with van der Waals surface area (Å²) in [5.74, 6) is 0. The summed E-state index contributed by atoms with van der Waals surface area (Å²) in [6.45, 7) is 9.18. The monoisotopic (exact) mass is 423 g/mol. The molecule has 0 saturated heterocycles. The lowest BCUT2D eigenvalue weighted by molar-refractivity contribution is 0.265. The van der Waals surface area contributed by atoms with Crippen LogP contribution in [0.2, 0.25) is 0 Å². The smallest absolute Gasteiger partial charge is 0.253 e. The number of aryl methyl sites for hydroxylation is 4. The van der Waals surface area contributed by atoms with Gasteiger partial charge in [0.25, 0.3) is 5.56 Å². The Morgan fingerprint density at radius 3 is 2.50 bits per heavy atom. The molecular formula is C24H29N3O2S. The van der Waals surface area contributed by atoms with Gasteiger partial charge >= 0.3 is 0 Å². The van der Waals surface area contributed by atoms with Crippen LogP contribution in [0, 0.1) is 27.7 Å². The van der Waals surface area contributed by atoms with Crippen molar-refractivity contribution in [1.82, 2.24) is 9.88 Å². The molecule has 5 nitrogen and oxygen atoms in total.